The minimum absolute atomic E-state index is 0.309. The Morgan fingerprint density at radius 3 is 2.77 bits per heavy atom. The van der Waals surface area contributed by atoms with Gasteiger partial charge in [0.25, 0.3) is 0 Å². The molecule has 1 aromatic carbocycles. The summed E-state index contributed by atoms with van der Waals surface area (Å²) in [5.74, 6) is -0.905. The molecular weight excluding hydrogens is 234 g/mol. The number of hydrogen-bond acceptors (Lipinski definition) is 2. The molecule has 0 spiro atoms. The largest absolute Gasteiger partial charge is 0.478 e. The van der Waals surface area contributed by atoms with Crippen LogP contribution in [0.15, 0.2) is 24.3 Å². The van der Waals surface area contributed by atoms with Gasteiger partial charge in [0.05, 0.1) is 5.56 Å². The first kappa shape index (κ1) is 10.1. The van der Waals surface area contributed by atoms with Crippen molar-refractivity contribution in [3.05, 3.63) is 29.8 Å². The molecule has 0 amide bonds. The Kier molecular flexibility index (Phi) is 3.76. The molecule has 0 fully saturated rings. The zero-order valence-electron chi connectivity index (χ0n) is 6.96. The second kappa shape index (κ2) is 4.87. The predicted octanol–water partition coefficient (Wildman–Crippen LogP) is 2.19. The maximum atomic E-state index is 10.7. The van der Waals surface area contributed by atoms with Crippen LogP contribution in [0, 0.1) is 0 Å². The van der Waals surface area contributed by atoms with Crippen LogP contribution in [0.3, 0.4) is 0 Å². The number of aromatic carboxylic acids is 1. The zero-order valence-corrected chi connectivity index (χ0v) is 8.54. The van der Waals surface area contributed by atoms with Gasteiger partial charge in [-0.05, 0) is 12.1 Å². The molecule has 4 heteroatoms. The molecule has 2 N–H and O–H groups in total. The van der Waals surface area contributed by atoms with Crippen LogP contribution in [-0.4, -0.2) is 23.0 Å². The first-order valence-corrected chi connectivity index (χ1v) is 5.00. The number of alkyl halides is 1. The minimum Gasteiger partial charge on any atom is -0.478 e. The Bertz CT molecular complexity index is 301. The molecule has 0 aliphatic heterocycles. The van der Waals surface area contributed by atoms with E-state index in [9.17, 15) is 4.79 Å². The van der Waals surface area contributed by atoms with Crippen molar-refractivity contribution in [3.8, 4) is 0 Å². The molecule has 0 aliphatic rings. The summed E-state index contributed by atoms with van der Waals surface area (Å²) in [5, 5.41) is 12.6. The smallest absolute Gasteiger partial charge is 0.337 e. The highest BCUT2D eigenvalue weighted by atomic mass is 79.9. The molecule has 13 heavy (non-hydrogen) atoms. The second-order valence-electron chi connectivity index (χ2n) is 2.47. The van der Waals surface area contributed by atoms with E-state index in [0.717, 1.165) is 5.33 Å². The Morgan fingerprint density at radius 1 is 1.46 bits per heavy atom. The number of anilines is 1. The molecule has 0 heterocycles. The average molecular weight is 244 g/mol. The van der Waals surface area contributed by atoms with E-state index >= 15 is 0 Å². The fourth-order valence-electron chi connectivity index (χ4n) is 1.01. The molecule has 0 aromatic heterocycles. The van der Waals surface area contributed by atoms with E-state index in [4.69, 9.17) is 5.11 Å². The second-order valence-corrected chi connectivity index (χ2v) is 3.26. The molecule has 70 valence electrons. The number of hydrogen-bond donors (Lipinski definition) is 2. The molecule has 3 nitrogen and oxygen atoms in total. The molecule has 0 saturated carbocycles. The predicted molar refractivity (Wildman–Crippen MR) is 55.7 cm³/mol. The van der Waals surface area contributed by atoms with Crippen LogP contribution in [0.5, 0.6) is 0 Å². The zero-order chi connectivity index (χ0) is 9.68. The summed E-state index contributed by atoms with van der Waals surface area (Å²) in [6.45, 7) is 0.713. The number of carboxylic acid groups (broad SMARTS) is 1. The van der Waals surface area contributed by atoms with Crippen molar-refractivity contribution < 1.29 is 9.90 Å². The monoisotopic (exact) mass is 243 g/mol. The lowest BCUT2D eigenvalue weighted by atomic mass is 10.2. The van der Waals surface area contributed by atoms with Crippen LogP contribution in [-0.2, 0) is 0 Å². The number of halogens is 1. The number of rotatable bonds is 4. The summed E-state index contributed by atoms with van der Waals surface area (Å²) in [6, 6.07) is 6.86. The van der Waals surface area contributed by atoms with Crippen molar-refractivity contribution in [2.75, 3.05) is 17.2 Å². The lowest BCUT2D eigenvalue weighted by Crippen LogP contribution is -2.07. The Labute approximate surface area is 84.9 Å². The standard InChI is InChI=1S/C9H10BrNO2/c10-5-6-11-8-4-2-1-3-7(8)9(12)13/h1-4,11H,5-6H2,(H,12,13). The van der Waals surface area contributed by atoms with Crippen molar-refractivity contribution in [2.45, 2.75) is 0 Å². The third kappa shape index (κ3) is 2.73. The number of nitrogens with one attached hydrogen (secondary N) is 1. The van der Waals surface area contributed by atoms with Gasteiger partial charge in [0.2, 0.25) is 0 Å². The van der Waals surface area contributed by atoms with Gasteiger partial charge in [-0.2, -0.15) is 0 Å². The van der Waals surface area contributed by atoms with Gasteiger partial charge < -0.3 is 10.4 Å². The van der Waals surface area contributed by atoms with Gasteiger partial charge in [0.15, 0.2) is 0 Å². The maximum absolute atomic E-state index is 10.7. The van der Waals surface area contributed by atoms with Gasteiger partial charge in [0, 0.05) is 17.6 Å². The first-order chi connectivity index (χ1) is 6.25. The fourth-order valence-corrected chi connectivity index (χ4v) is 1.20. The van der Waals surface area contributed by atoms with Gasteiger partial charge >= 0.3 is 5.97 Å². The Morgan fingerprint density at radius 2 is 2.15 bits per heavy atom. The van der Waals surface area contributed by atoms with Crippen LogP contribution < -0.4 is 5.32 Å². The van der Waals surface area contributed by atoms with Crippen LogP contribution >= 0.6 is 15.9 Å². The molecule has 0 unspecified atom stereocenters. The van der Waals surface area contributed by atoms with Gasteiger partial charge in [0.1, 0.15) is 0 Å². The van der Waals surface area contributed by atoms with Gasteiger partial charge in [-0.1, -0.05) is 28.1 Å². The summed E-state index contributed by atoms with van der Waals surface area (Å²) in [4.78, 5) is 10.7. The molecule has 0 atom stereocenters. The Balaban J connectivity index is 2.84. The summed E-state index contributed by atoms with van der Waals surface area (Å²) < 4.78 is 0. The summed E-state index contributed by atoms with van der Waals surface area (Å²) in [7, 11) is 0. The van der Waals surface area contributed by atoms with Crippen LogP contribution in [0.25, 0.3) is 0 Å². The third-order valence-corrected chi connectivity index (χ3v) is 1.96. The van der Waals surface area contributed by atoms with Crippen LogP contribution in [0.2, 0.25) is 0 Å². The topological polar surface area (TPSA) is 49.3 Å². The normalized spacial score (nSPS) is 9.62. The quantitative estimate of drug-likeness (QED) is 0.798. The lowest BCUT2D eigenvalue weighted by molar-refractivity contribution is 0.0698. The minimum atomic E-state index is -0.905. The summed E-state index contributed by atoms with van der Waals surface area (Å²) >= 11 is 3.26. The molecule has 1 rings (SSSR count). The molecule has 0 bridgehead atoms. The summed E-state index contributed by atoms with van der Waals surface area (Å²) in [5.41, 5.74) is 0.970. The van der Waals surface area contributed by atoms with E-state index in [2.05, 4.69) is 21.2 Å². The molecule has 0 saturated heterocycles. The van der Waals surface area contributed by atoms with Crippen LogP contribution in [0.1, 0.15) is 10.4 Å². The highest BCUT2D eigenvalue weighted by molar-refractivity contribution is 9.09. The highest BCUT2D eigenvalue weighted by Crippen LogP contribution is 2.14. The van der Waals surface area contributed by atoms with E-state index in [1.165, 1.54) is 0 Å². The highest BCUT2D eigenvalue weighted by Gasteiger charge is 2.07. The molecule has 0 radical (unpaired) electrons. The van der Waals surface area contributed by atoms with Gasteiger partial charge in [-0.25, -0.2) is 4.79 Å². The van der Waals surface area contributed by atoms with E-state index in [-0.39, 0.29) is 0 Å². The average Bonchev–Trinajstić information content (AvgIpc) is 2.15. The molecule has 1 aromatic rings. The molecule has 0 aliphatic carbocycles. The van der Waals surface area contributed by atoms with Crippen molar-refractivity contribution in [2.24, 2.45) is 0 Å². The Hall–Kier alpha value is -1.03. The van der Waals surface area contributed by atoms with Crippen molar-refractivity contribution in [1.29, 1.82) is 0 Å². The summed E-state index contributed by atoms with van der Waals surface area (Å²) in [6.07, 6.45) is 0. The lowest BCUT2D eigenvalue weighted by Gasteiger charge is -2.06. The fraction of sp³-hybridized carbons (Fsp3) is 0.222. The van der Waals surface area contributed by atoms with Crippen molar-refractivity contribution >= 4 is 27.6 Å². The van der Waals surface area contributed by atoms with E-state index in [1.807, 2.05) is 6.07 Å². The molecular formula is C9H10BrNO2. The van der Waals surface area contributed by atoms with Crippen molar-refractivity contribution in [1.82, 2.24) is 0 Å². The number of carboxylic acids is 1. The van der Waals surface area contributed by atoms with Gasteiger partial charge in [-0.15, -0.1) is 0 Å². The van der Waals surface area contributed by atoms with E-state index in [1.54, 1.807) is 18.2 Å². The SMILES string of the molecule is O=C(O)c1ccccc1NCCBr. The first-order valence-electron chi connectivity index (χ1n) is 3.88. The van der Waals surface area contributed by atoms with Crippen LogP contribution in [0.4, 0.5) is 5.69 Å². The number of carbonyl (C=O) groups is 1. The van der Waals surface area contributed by atoms with E-state index in [0.29, 0.717) is 17.8 Å². The number of benzene rings is 1. The maximum Gasteiger partial charge on any atom is 0.337 e. The number of para-hydroxylation sites is 1. The van der Waals surface area contributed by atoms with Gasteiger partial charge in [-0.3, -0.25) is 0 Å². The van der Waals surface area contributed by atoms with Crippen molar-refractivity contribution in [3.63, 3.8) is 0 Å². The van der Waals surface area contributed by atoms with E-state index < -0.39 is 5.97 Å². The third-order valence-electron chi connectivity index (χ3n) is 1.57.